The van der Waals surface area contributed by atoms with Crippen LogP contribution in [0.2, 0.25) is 0 Å². The highest BCUT2D eigenvalue weighted by atomic mass is 15.3. The molecule has 3 rings (SSSR count). The normalized spacial score (nSPS) is 12.4. The summed E-state index contributed by atoms with van der Waals surface area (Å²) >= 11 is 0. The molecular weight excluding hydrogens is 250 g/mol. The number of rotatable bonds is 5. The molecule has 2 heterocycles. The lowest BCUT2D eigenvalue weighted by atomic mass is 10.2. The highest BCUT2D eigenvalue weighted by Gasteiger charge is 2.07. The molecule has 3 aromatic rings. The Hall–Kier alpha value is -2.40. The smallest absolute Gasteiger partial charge is 0.0767 e. The summed E-state index contributed by atoms with van der Waals surface area (Å²) in [5.41, 5.74) is 3.23. The van der Waals surface area contributed by atoms with E-state index in [1.807, 2.05) is 59.7 Å². The van der Waals surface area contributed by atoms with Crippen molar-refractivity contribution in [2.24, 2.45) is 0 Å². The second-order valence-corrected chi connectivity index (χ2v) is 4.72. The van der Waals surface area contributed by atoms with E-state index in [0.29, 0.717) is 0 Å². The number of nitrogens with one attached hydrogen (secondary N) is 2. The minimum Gasteiger partial charge on any atom is -0.304 e. The van der Waals surface area contributed by atoms with Crippen molar-refractivity contribution in [1.29, 1.82) is 0 Å². The maximum absolute atomic E-state index is 4.56. The van der Waals surface area contributed by atoms with Crippen LogP contribution < -0.4 is 5.32 Å². The average molecular weight is 267 g/mol. The van der Waals surface area contributed by atoms with Crippen molar-refractivity contribution in [2.45, 2.75) is 19.5 Å². The fraction of sp³-hybridized carbons (Fsp3) is 0.200. The lowest BCUT2D eigenvalue weighted by molar-refractivity contribution is 0.565. The molecule has 0 radical (unpaired) electrons. The Kier molecular flexibility index (Phi) is 3.60. The molecule has 0 spiro atoms. The van der Waals surface area contributed by atoms with Gasteiger partial charge in [0.2, 0.25) is 0 Å². The van der Waals surface area contributed by atoms with Crippen molar-refractivity contribution in [2.75, 3.05) is 0 Å². The SMILES string of the molecule is CC(NCc1ccn(-c2ccccc2)n1)c1cn[nH]c1. The lowest BCUT2D eigenvalue weighted by Gasteiger charge is -2.10. The molecule has 0 fully saturated rings. The average Bonchev–Trinajstić information content (AvgIpc) is 3.17. The summed E-state index contributed by atoms with van der Waals surface area (Å²) in [5.74, 6) is 0. The van der Waals surface area contributed by atoms with Crippen LogP contribution in [-0.4, -0.2) is 20.0 Å². The van der Waals surface area contributed by atoms with Crippen LogP contribution in [0, 0.1) is 0 Å². The van der Waals surface area contributed by atoms with Crippen LogP contribution in [0.3, 0.4) is 0 Å². The van der Waals surface area contributed by atoms with Crippen molar-refractivity contribution in [1.82, 2.24) is 25.3 Å². The molecule has 0 amide bonds. The summed E-state index contributed by atoms with van der Waals surface area (Å²) in [5, 5.41) is 14.8. The third-order valence-electron chi connectivity index (χ3n) is 3.27. The number of aromatic nitrogens is 4. The first kappa shape index (κ1) is 12.6. The van der Waals surface area contributed by atoms with Gasteiger partial charge in [-0.05, 0) is 25.1 Å². The van der Waals surface area contributed by atoms with E-state index in [4.69, 9.17) is 0 Å². The van der Waals surface area contributed by atoms with Crippen molar-refractivity contribution < 1.29 is 0 Å². The van der Waals surface area contributed by atoms with E-state index in [-0.39, 0.29) is 6.04 Å². The highest BCUT2D eigenvalue weighted by Crippen LogP contribution is 2.11. The Morgan fingerprint density at radius 3 is 2.85 bits per heavy atom. The first-order valence-electron chi connectivity index (χ1n) is 6.65. The minimum atomic E-state index is 0.246. The van der Waals surface area contributed by atoms with E-state index in [9.17, 15) is 0 Å². The fourth-order valence-electron chi connectivity index (χ4n) is 2.05. The quantitative estimate of drug-likeness (QED) is 0.746. The Morgan fingerprint density at radius 2 is 2.10 bits per heavy atom. The number of H-pyrrole nitrogens is 1. The fourth-order valence-corrected chi connectivity index (χ4v) is 2.05. The molecule has 5 nitrogen and oxygen atoms in total. The Labute approximate surface area is 117 Å². The van der Waals surface area contributed by atoms with Gasteiger partial charge in [-0.1, -0.05) is 18.2 Å². The Balaban J connectivity index is 1.63. The molecule has 0 aliphatic carbocycles. The number of hydrogen-bond acceptors (Lipinski definition) is 3. The van der Waals surface area contributed by atoms with Crippen LogP contribution in [0.5, 0.6) is 0 Å². The van der Waals surface area contributed by atoms with Gasteiger partial charge >= 0.3 is 0 Å². The van der Waals surface area contributed by atoms with E-state index in [0.717, 1.165) is 23.5 Å². The van der Waals surface area contributed by atoms with Gasteiger partial charge in [-0.3, -0.25) is 5.10 Å². The maximum atomic E-state index is 4.56. The standard InChI is InChI=1S/C15H17N5/c1-12(13-9-17-18-10-13)16-11-14-7-8-20(19-14)15-5-3-2-4-6-15/h2-10,12,16H,11H2,1H3,(H,17,18). The summed E-state index contributed by atoms with van der Waals surface area (Å²) < 4.78 is 1.89. The number of aromatic amines is 1. The molecule has 0 saturated carbocycles. The van der Waals surface area contributed by atoms with E-state index >= 15 is 0 Å². The summed E-state index contributed by atoms with van der Waals surface area (Å²) in [4.78, 5) is 0. The largest absolute Gasteiger partial charge is 0.304 e. The summed E-state index contributed by atoms with van der Waals surface area (Å²) in [6, 6.07) is 12.4. The van der Waals surface area contributed by atoms with Crippen LogP contribution in [0.4, 0.5) is 0 Å². The zero-order valence-corrected chi connectivity index (χ0v) is 11.3. The Bertz CT molecular complexity index is 642. The molecule has 1 aromatic carbocycles. The predicted molar refractivity (Wildman–Crippen MR) is 77.4 cm³/mol. The zero-order chi connectivity index (χ0) is 13.8. The van der Waals surface area contributed by atoms with Crippen molar-refractivity contribution in [3.63, 3.8) is 0 Å². The molecule has 2 aromatic heterocycles. The van der Waals surface area contributed by atoms with E-state index in [1.165, 1.54) is 0 Å². The molecular formula is C15H17N5. The molecule has 0 aliphatic heterocycles. The lowest BCUT2D eigenvalue weighted by Crippen LogP contribution is -2.18. The summed E-state index contributed by atoms with van der Waals surface area (Å²) in [7, 11) is 0. The molecule has 20 heavy (non-hydrogen) atoms. The van der Waals surface area contributed by atoms with Gasteiger partial charge in [0.1, 0.15) is 0 Å². The van der Waals surface area contributed by atoms with Crippen LogP contribution in [0.1, 0.15) is 24.2 Å². The number of nitrogens with zero attached hydrogens (tertiary/aromatic N) is 3. The maximum Gasteiger partial charge on any atom is 0.0767 e. The van der Waals surface area contributed by atoms with Gasteiger partial charge < -0.3 is 5.32 Å². The zero-order valence-electron chi connectivity index (χ0n) is 11.3. The van der Waals surface area contributed by atoms with E-state index in [2.05, 4.69) is 27.5 Å². The van der Waals surface area contributed by atoms with Crippen molar-refractivity contribution >= 4 is 0 Å². The minimum absolute atomic E-state index is 0.246. The van der Waals surface area contributed by atoms with Gasteiger partial charge in [-0.15, -0.1) is 0 Å². The second kappa shape index (κ2) is 5.71. The van der Waals surface area contributed by atoms with Crippen molar-refractivity contribution in [3.05, 3.63) is 66.2 Å². The molecule has 0 saturated heterocycles. The van der Waals surface area contributed by atoms with Gasteiger partial charge in [0.25, 0.3) is 0 Å². The van der Waals surface area contributed by atoms with E-state index < -0.39 is 0 Å². The molecule has 5 heteroatoms. The van der Waals surface area contributed by atoms with E-state index in [1.54, 1.807) is 0 Å². The predicted octanol–water partition coefficient (Wildman–Crippen LogP) is 2.45. The Morgan fingerprint density at radius 1 is 1.25 bits per heavy atom. The molecule has 0 aliphatic rings. The van der Waals surface area contributed by atoms with Crippen molar-refractivity contribution in [3.8, 4) is 5.69 Å². The summed E-state index contributed by atoms with van der Waals surface area (Å²) in [6.07, 6.45) is 5.72. The first-order valence-corrected chi connectivity index (χ1v) is 6.65. The highest BCUT2D eigenvalue weighted by molar-refractivity contribution is 5.30. The molecule has 102 valence electrons. The topological polar surface area (TPSA) is 58.5 Å². The third kappa shape index (κ3) is 2.78. The number of hydrogen-bond donors (Lipinski definition) is 2. The van der Waals surface area contributed by atoms with Gasteiger partial charge in [-0.2, -0.15) is 10.2 Å². The molecule has 1 atom stereocenters. The van der Waals surface area contributed by atoms with Gasteiger partial charge in [0, 0.05) is 30.5 Å². The van der Waals surface area contributed by atoms with Crippen LogP contribution in [0.25, 0.3) is 5.69 Å². The third-order valence-corrected chi connectivity index (χ3v) is 3.27. The number of benzene rings is 1. The number of para-hydroxylation sites is 1. The van der Waals surface area contributed by atoms with Gasteiger partial charge in [0.15, 0.2) is 0 Å². The summed E-state index contributed by atoms with van der Waals surface area (Å²) in [6.45, 7) is 2.84. The molecule has 1 unspecified atom stereocenters. The molecule has 0 bridgehead atoms. The molecule has 2 N–H and O–H groups in total. The van der Waals surface area contributed by atoms with Crippen LogP contribution in [-0.2, 0) is 6.54 Å². The van der Waals surface area contributed by atoms with Gasteiger partial charge in [0.05, 0.1) is 17.6 Å². The van der Waals surface area contributed by atoms with Gasteiger partial charge in [-0.25, -0.2) is 4.68 Å². The van der Waals surface area contributed by atoms with Crippen LogP contribution >= 0.6 is 0 Å². The monoisotopic (exact) mass is 267 g/mol. The van der Waals surface area contributed by atoms with Crippen LogP contribution in [0.15, 0.2) is 55.0 Å². The first-order chi connectivity index (χ1) is 9.83. The second-order valence-electron chi connectivity index (χ2n) is 4.72.